The zero-order valence-corrected chi connectivity index (χ0v) is 8.10. The maximum Gasteiger partial charge on any atom is 0.251 e. The van der Waals surface area contributed by atoms with Crippen LogP contribution in [0, 0.1) is 0 Å². The number of nitrogens with zero attached hydrogens (tertiary/aromatic N) is 1. The maximum absolute atomic E-state index is 12.1. The van der Waals surface area contributed by atoms with E-state index in [1.165, 1.54) is 0 Å². The molecule has 1 fully saturated rings. The van der Waals surface area contributed by atoms with E-state index in [1.54, 1.807) is 0 Å². The lowest BCUT2D eigenvalue weighted by atomic mass is 10.2. The minimum Gasteiger partial charge on any atom is -0.315 e. The SMILES string of the molecule is CCNCC1CCCN1CC(F)F. The van der Waals surface area contributed by atoms with E-state index in [9.17, 15) is 8.78 Å². The second kappa shape index (κ2) is 5.50. The molecule has 78 valence electrons. The largest absolute Gasteiger partial charge is 0.315 e. The molecule has 0 radical (unpaired) electrons. The van der Waals surface area contributed by atoms with Gasteiger partial charge in [0.05, 0.1) is 6.54 Å². The first-order valence-electron chi connectivity index (χ1n) is 4.97. The molecule has 1 heterocycles. The minimum atomic E-state index is -2.19. The van der Waals surface area contributed by atoms with Crippen LogP contribution in [0.25, 0.3) is 0 Å². The summed E-state index contributed by atoms with van der Waals surface area (Å²) in [4.78, 5) is 1.90. The van der Waals surface area contributed by atoms with Crippen LogP contribution in [0.3, 0.4) is 0 Å². The average molecular weight is 192 g/mol. The van der Waals surface area contributed by atoms with Gasteiger partial charge in [-0.05, 0) is 25.9 Å². The number of hydrogen-bond acceptors (Lipinski definition) is 2. The number of nitrogens with one attached hydrogen (secondary N) is 1. The van der Waals surface area contributed by atoms with Crippen molar-refractivity contribution in [2.24, 2.45) is 0 Å². The lowest BCUT2D eigenvalue weighted by molar-refractivity contribution is 0.0822. The van der Waals surface area contributed by atoms with E-state index in [1.807, 2.05) is 11.8 Å². The predicted molar refractivity (Wildman–Crippen MR) is 49.1 cm³/mol. The molecule has 1 atom stereocenters. The Balaban J connectivity index is 2.26. The van der Waals surface area contributed by atoms with Crippen molar-refractivity contribution in [2.45, 2.75) is 32.2 Å². The van der Waals surface area contributed by atoms with E-state index in [2.05, 4.69) is 5.32 Å². The Hall–Kier alpha value is -0.220. The first-order valence-corrected chi connectivity index (χ1v) is 4.97. The van der Waals surface area contributed by atoms with Gasteiger partial charge in [0.15, 0.2) is 0 Å². The summed E-state index contributed by atoms with van der Waals surface area (Å²) in [6.45, 7) is 4.57. The van der Waals surface area contributed by atoms with Crippen LogP contribution in [0.4, 0.5) is 8.78 Å². The van der Waals surface area contributed by atoms with Crippen molar-refractivity contribution >= 4 is 0 Å². The first-order chi connectivity index (χ1) is 6.24. The van der Waals surface area contributed by atoms with Crippen LogP contribution in [0.15, 0.2) is 0 Å². The van der Waals surface area contributed by atoms with Crippen LogP contribution in [0.5, 0.6) is 0 Å². The molecule has 1 aliphatic rings. The molecule has 1 saturated heterocycles. The second-order valence-electron chi connectivity index (χ2n) is 3.49. The number of rotatable bonds is 5. The Morgan fingerprint density at radius 2 is 2.31 bits per heavy atom. The zero-order valence-electron chi connectivity index (χ0n) is 8.10. The fourth-order valence-electron chi connectivity index (χ4n) is 1.85. The quantitative estimate of drug-likeness (QED) is 0.707. The van der Waals surface area contributed by atoms with Gasteiger partial charge in [0.25, 0.3) is 6.43 Å². The van der Waals surface area contributed by atoms with Gasteiger partial charge < -0.3 is 5.32 Å². The number of likely N-dealkylation sites (N-methyl/N-ethyl adjacent to an activating group) is 1. The molecule has 0 aliphatic carbocycles. The molecule has 1 unspecified atom stereocenters. The zero-order chi connectivity index (χ0) is 9.68. The van der Waals surface area contributed by atoms with Gasteiger partial charge in [-0.1, -0.05) is 6.92 Å². The van der Waals surface area contributed by atoms with Crippen molar-refractivity contribution in [3.63, 3.8) is 0 Å². The van der Waals surface area contributed by atoms with Gasteiger partial charge in [0.2, 0.25) is 0 Å². The summed E-state index contributed by atoms with van der Waals surface area (Å²) in [7, 11) is 0. The monoisotopic (exact) mass is 192 g/mol. The van der Waals surface area contributed by atoms with E-state index in [-0.39, 0.29) is 6.54 Å². The summed E-state index contributed by atoms with van der Waals surface area (Å²) >= 11 is 0. The highest BCUT2D eigenvalue weighted by Gasteiger charge is 2.25. The summed E-state index contributed by atoms with van der Waals surface area (Å²) in [6.07, 6.45) is -0.0788. The standard InChI is InChI=1S/C9H18F2N2/c1-2-12-6-8-4-3-5-13(8)7-9(10)11/h8-9,12H,2-7H2,1H3. The molecule has 2 nitrogen and oxygen atoms in total. The first kappa shape index (κ1) is 10.9. The topological polar surface area (TPSA) is 15.3 Å². The molecule has 0 saturated carbocycles. The lowest BCUT2D eigenvalue weighted by Crippen LogP contribution is -2.40. The molecule has 13 heavy (non-hydrogen) atoms. The molecular formula is C9H18F2N2. The molecule has 0 spiro atoms. The number of alkyl halides is 2. The summed E-state index contributed by atoms with van der Waals surface area (Å²) in [5, 5.41) is 3.21. The summed E-state index contributed by atoms with van der Waals surface area (Å²) < 4.78 is 24.2. The summed E-state index contributed by atoms with van der Waals surface area (Å²) in [5.41, 5.74) is 0. The van der Waals surface area contributed by atoms with Crippen LogP contribution in [-0.2, 0) is 0 Å². The Labute approximate surface area is 78.3 Å². The highest BCUT2D eigenvalue weighted by molar-refractivity contribution is 4.80. The second-order valence-corrected chi connectivity index (χ2v) is 3.49. The van der Waals surface area contributed by atoms with Crippen molar-refractivity contribution < 1.29 is 8.78 Å². The lowest BCUT2D eigenvalue weighted by Gasteiger charge is -2.23. The van der Waals surface area contributed by atoms with Gasteiger partial charge >= 0.3 is 0 Å². The molecule has 1 aliphatic heterocycles. The molecule has 0 aromatic heterocycles. The Kier molecular flexibility index (Phi) is 4.59. The summed E-state index contributed by atoms with van der Waals surface area (Å²) in [5.74, 6) is 0. The van der Waals surface area contributed by atoms with E-state index < -0.39 is 6.43 Å². The fourth-order valence-corrected chi connectivity index (χ4v) is 1.85. The van der Waals surface area contributed by atoms with Gasteiger partial charge in [-0.3, -0.25) is 4.90 Å². The van der Waals surface area contributed by atoms with Crippen LogP contribution >= 0.6 is 0 Å². The molecule has 0 bridgehead atoms. The van der Waals surface area contributed by atoms with Gasteiger partial charge in [-0.15, -0.1) is 0 Å². The van der Waals surface area contributed by atoms with Crippen LogP contribution in [-0.4, -0.2) is 43.5 Å². The Morgan fingerprint density at radius 1 is 1.54 bits per heavy atom. The van der Waals surface area contributed by atoms with Gasteiger partial charge in [-0.25, -0.2) is 8.78 Å². The Bertz CT molecular complexity index is 142. The minimum absolute atomic E-state index is 0.0595. The highest BCUT2D eigenvalue weighted by Crippen LogP contribution is 2.17. The molecule has 0 amide bonds. The van der Waals surface area contributed by atoms with Crippen molar-refractivity contribution in [2.75, 3.05) is 26.2 Å². The van der Waals surface area contributed by atoms with Crippen molar-refractivity contribution in [3.8, 4) is 0 Å². The highest BCUT2D eigenvalue weighted by atomic mass is 19.3. The third-order valence-corrected chi connectivity index (χ3v) is 2.50. The van der Waals surface area contributed by atoms with Crippen molar-refractivity contribution in [3.05, 3.63) is 0 Å². The van der Waals surface area contributed by atoms with E-state index in [4.69, 9.17) is 0 Å². The van der Waals surface area contributed by atoms with Gasteiger partial charge in [-0.2, -0.15) is 0 Å². The van der Waals surface area contributed by atoms with Gasteiger partial charge in [0, 0.05) is 12.6 Å². The molecule has 1 rings (SSSR count). The predicted octanol–water partition coefficient (Wildman–Crippen LogP) is 1.33. The number of likely N-dealkylation sites (tertiary alicyclic amines) is 1. The number of hydrogen-bond donors (Lipinski definition) is 1. The third kappa shape index (κ3) is 3.56. The molecule has 0 aromatic rings. The van der Waals surface area contributed by atoms with Crippen LogP contribution < -0.4 is 5.32 Å². The van der Waals surface area contributed by atoms with E-state index in [0.29, 0.717) is 6.04 Å². The maximum atomic E-state index is 12.1. The van der Waals surface area contributed by atoms with E-state index >= 15 is 0 Å². The normalized spacial score (nSPS) is 24.5. The van der Waals surface area contributed by atoms with Crippen LogP contribution in [0.2, 0.25) is 0 Å². The molecular weight excluding hydrogens is 174 g/mol. The Morgan fingerprint density at radius 3 is 2.92 bits per heavy atom. The van der Waals surface area contributed by atoms with Crippen molar-refractivity contribution in [1.82, 2.24) is 10.2 Å². The van der Waals surface area contributed by atoms with Crippen LogP contribution in [0.1, 0.15) is 19.8 Å². The fraction of sp³-hybridized carbons (Fsp3) is 1.00. The third-order valence-electron chi connectivity index (χ3n) is 2.50. The van der Waals surface area contributed by atoms with Gasteiger partial charge in [0.1, 0.15) is 0 Å². The van der Waals surface area contributed by atoms with Crippen molar-refractivity contribution in [1.29, 1.82) is 0 Å². The average Bonchev–Trinajstić information content (AvgIpc) is 2.48. The van der Waals surface area contributed by atoms with E-state index in [0.717, 1.165) is 32.5 Å². The molecule has 0 aromatic carbocycles. The molecule has 1 N–H and O–H groups in total. The molecule has 4 heteroatoms. The summed E-state index contributed by atoms with van der Waals surface area (Å²) in [6, 6.07) is 0.328. The number of halogens is 2. The smallest absolute Gasteiger partial charge is 0.251 e.